The van der Waals surface area contributed by atoms with Gasteiger partial charge >= 0.3 is 5.69 Å². The third-order valence-electron chi connectivity index (χ3n) is 2.15. The van der Waals surface area contributed by atoms with Crippen molar-refractivity contribution in [2.75, 3.05) is 17.7 Å². The molecule has 2 aromatic heterocycles. The van der Waals surface area contributed by atoms with Crippen molar-refractivity contribution in [2.45, 2.75) is 0 Å². The maximum atomic E-state index is 11.0. The lowest BCUT2D eigenvalue weighted by Gasteiger charge is -2.07. The summed E-state index contributed by atoms with van der Waals surface area (Å²) >= 11 is 0. The molecular formula is C10H10N6O2. The Morgan fingerprint density at radius 1 is 1.22 bits per heavy atom. The summed E-state index contributed by atoms with van der Waals surface area (Å²) in [7, 11) is 1.56. The number of pyridine rings is 1. The molecule has 2 aromatic rings. The molecule has 0 amide bonds. The van der Waals surface area contributed by atoms with E-state index in [0.717, 1.165) is 0 Å². The Morgan fingerprint density at radius 3 is 2.61 bits per heavy atom. The summed E-state index contributed by atoms with van der Waals surface area (Å²) in [6.07, 6.45) is 2.82. The van der Waals surface area contributed by atoms with Gasteiger partial charge in [-0.15, -0.1) is 0 Å². The Balaban J connectivity index is 2.42. The highest BCUT2D eigenvalue weighted by Crippen LogP contribution is 2.29. The molecule has 2 N–H and O–H groups in total. The van der Waals surface area contributed by atoms with Crippen LogP contribution >= 0.6 is 0 Å². The lowest BCUT2D eigenvalue weighted by Crippen LogP contribution is -2.05. The van der Waals surface area contributed by atoms with Crippen LogP contribution in [0.5, 0.6) is 0 Å². The minimum absolute atomic E-state index is 0.0954. The van der Waals surface area contributed by atoms with Crippen LogP contribution < -0.4 is 10.6 Å². The summed E-state index contributed by atoms with van der Waals surface area (Å²) in [6.45, 7) is 0. The van der Waals surface area contributed by atoms with E-state index in [9.17, 15) is 10.1 Å². The molecular weight excluding hydrogens is 236 g/mol. The highest BCUT2D eigenvalue weighted by molar-refractivity contribution is 5.72. The van der Waals surface area contributed by atoms with E-state index in [-0.39, 0.29) is 17.3 Å². The second kappa shape index (κ2) is 5.04. The van der Waals surface area contributed by atoms with Gasteiger partial charge in [-0.3, -0.25) is 10.1 Å². The molecule has 0 bridgehead atoms. The molecule has 0 aliphatic rings. The van der Waals surface area contributed by atoms with Crippen LogP contribution in [-0.2, 0) is 0 Å². The Morgan fingerprint density at radius 2 is 2.00 bits per heavy atom. The molecule has 0 spiro atoms. The Labute approximate surface area is 102 Å². The number of nitro groups is 1. The maximum absolute atomic E-state index is 11.0. The summed E-state index contributed by atoms with van der Waals surface area (Å²) in [5.74, 6) is 0.716. The fourth-order valence-corrected chi connectivity index (χ4v) is 1.38. The minimum atomic E-state index is -0.545. The third-order valence-corrected chi connectivity index (χ3v) is 2.15. The monoisotopic (exact) mass is 246 g/mol. The van der Waals surface area contributed by atoms with Crippen LogP contribution in [0.4, 0.5) is 23.1 Å². The summed E-state index contributed by atoms with van der Waals surface area (Å²) in [5, 5.41) is 16.5. The number of aromatic nitrogens is 3. The highest BCUT2D eigenvalue weighted by Gasteiger charge is 2.22. The van der Waals surface area contributed by atoms with Crippen LogP contribution in [0.25, 0.3) is 0 Å². The number of rotatable bonds is 4. The molecule has 0 atom stereocenters. The number of nitrogens with one attached hydrogen (secondary N) is 2. The van der Waals surface area contributed by atoms with Gasteiger partial charge in [0.05, 0.1) is 4.92 Å². The van der Waals surface area contributed by atoms with Crippen LogP contribution in [0.15, 0.2) is 30.7 Å². The standard InChI is InChI=1S/C10H10N6O2/c1-11-9-8(16(17)18)10(14-6-13-9)15-7-4-2-3-5-12-7/h2-6H,1H3,(H2,11,12,13,14,15). The van der Waals surface area contributed by atoms with Crippen molar-refractivity contribution in [1.29, 1.82) is 0 Å². The van der Waals surface area contributed by atoms with Gasteiger partial charge in [-0.05, 0) is 12.1 Å². The van der Waals surface area contributed by atoms with Gasteiger partial charge in [-0.1, -0.05) is 6.07 Å². The van der Waals surface area contributed by atoms with Crippen molar-refractivity contribution in [3.63, 3.8) is 0 Å². The van der Waals surface area contributed by atoms with Gasteiger partial charge in [0.1, 0.15) is 12.1 Å². The van der Waals surface area contributed by atoms with Crippen molar-refractivity contribution in [3.8, 4) is 0 Å². The second-order valence-electron chi connectivity index (χ2n) is 3.27. The Kier molecular flexibility index (Phi) is 3.28. The lowest BCUT2D eigenvalue weighted by atomic mass is 10.4. The largest absolute Gasteiger partial charge is 0.367 e. The molecule has 18 heavy (non-hydrogen) atoms. The predicted octanol–water partition coefficient (Wildman–Crippen LogP) is 1.57. The maximum Gasteiger partial charge on any atom is 0.353 e. The molecule has 0 aliphatic carbocycles. The van der Waals surface area contributed by atoms with Gasteiger partial charge in [0.15, 0.2) is 0 Å². The average Bonchev–Trinajstić information content (AvgIpc) is 2.39. The zero-order valence-corrected chi connectivity index (χ0v) is 9.49. The molecule has 0 unspecified atom stereocenters. The highest BCUT2D eigenvalue weighted by atomic mass is 16.6. The zero-order chi connectivity index (χ0) is 13.0. The van der Waals surface area contributed by atoms with Crippen molar-refractivity contribution in [2.24, 2.45) is 0 Å². The molecule has 0 aromatic carbocycles. The predicted molar refractivity (Wildman–Crippen MR) is 65.8 cm³/mol. The molecule has 0 saturated heterocycles. The summed E-state index contributed by atoms with van der Waals surface area (Å²) < 4.78 is 0. The second-order valence-corrected chi connectivity index (χ2v) is 3.27. The summed E-state index contributed by atoms with van der Waals surface area (Å²) in [4.78, 5) is 22.1. The Bertz CT molecular complexity index is 560. The molecule has 2 heterocycles. The molecule has 8 nitrogen and oxygen atoms in total. The minimum Gasteiger partial charge on any atom is -0.367 e. The topological polar surface area (TPSA) is 106 Å². The normalized spacial score (nSPS) is 9.83. The lowest BCUT2D eigenvalue weighted by molar-refractivity contribution is -0.383. The average molecular weight is 246 g/mol. The molecule has 0 saturated carbocycles. The van der Waals surface area contributed by atoms with Crippen molar-refractivity contribution >= 4 is 23.1 Å². The van der Waals surface area contributed by atoms with E-state index in [2.05, 4.69) is 25.6 Å². The van der Waals surface area contributed by atoms with E-state index in [4.69, 9.17) is 0 Å². The SMILES string of the molecule is CNc1ncnc(Nc2ccccn2)c1[N+](=O)[O-]. The summed E-state index contributed by atoms with van der Waals surface area (Å²) in [6, 6.07) is 5.20. The van der Waals surface area contributed by atoms with Crippen molar-refractivity contribution in [1.82, 2.24) is 15.0 Å². The van der Waals surface area contributed by atoms with E-state index >= 15 is 0 Å². The zero-order valence-electron chi connectivity index (χ0n) is 9.49. The molecule has 0 radical (unpaired) electrons. The number of hydrogen-bond acceptors (Lipinski definition) is 7. The summed E-state index contributed by atoms with van der Waals surface area (Å²) in [5.41, 5.74) is -0.217. The van der Waals surface area contributed by atoms with Crippen LogP contribution in [0.1, 0.15) is 0 Å². The van der Waals surface area contributed by atoms with Gasteiger partial charge in [0.25, 0.3) is 0 Å². The van der Waals surface area contributed by atoms with Crippen LogP contribution in [0, 0.1) is 10.1 Å². The number of nitrogens with zero attached hydrogens (tertiary/aromatic N) is 4. The van der Waals surface area contributed by atoms with E-state index in [1.165, 1.54) is 6.33 Å². The van der Waals surface area contributed by atoms with Crippen molar-refractivity contribution < 1.29 is 4.92 Å². The fraction of sp³-hybridized carbons (Fsp3) is 0.100. The van der Waals surface area contributed by atoms with E-state index in [1.807, 2.05) is 0 Å². The molecule has 0 fully saturated rings. The van der Waals surface area contributed by atoms with Crippen LogP contribution in [0.2, 0.25) is 0 Å². The molecule has 92 valence electrons. The molecule has 8 heteroatoms. The first-order valence-corrected chi connectivity index (χ1v) is 5.07. The van der Waals surface area contributed by atoms with E-state index < -0.39 is 4.92 Å². The van der Waals surface area contributed by atoms with Gasteiger partial charge < -0.3 is 10.6 Å². The first-order valence-electron chi connectivity index (χ1n) is 5.07. The molecule has 2 rings (SSSR count). The molecule has 0 aliphatic heterocycles. The van der Waals surface area contributed by atoms with Crippen LogP contribution in [0.3, 0.4) is 0 Å². The first-order chi connectivity index (χ1) is 8.72. The van der Waals surface area contributed by atoms with Gasteiger partial charge in [0.2, 0.25) is 11.6 Å². The third kappa shape index (κ3) is 2.32. The van der Waals surface area contributed by atoms with E-state index in [0.29, 0.717) is 5.82 Å². The van der Waals surface area contributed by atoms with Gasteiger partial charge in [-0.25, -0.2) is 15.0 Å². The van der Waals surface area contributed by atoms with Crippen molar-refractivity contribution in [3.05, 3.63) is 40.8 Å². The fourth-order valence-electron chi connectivity index (χ4n) is 1.38. The first kappa shape index (κ1) is 11.7. The van der Waals surface area contributed by atoms with Gasteiger partial charge in [0, 0.05) is 13.2 Å². The Hall–Kier alpha value is -2.77. The number of hydrogen-bond donors (Lipinski definition) is 2. The quantitative estimate of drug-likeness (QED) is 0.622. The number of anilines is 3. The smallest absolute Gasteiger partial charge is 0.353 e. The van der Waals surface area contributed by atoms with Gasteiger partial charge in [-0.2, -0.15) is 0 Å². The van der Waals surface area contributed by atoms with Crippen LogP contribution in [-0.4, -0.2) is 26.9 Å². The van der Waals surface area contributed by atoms with E-state index in [1.54, 1.807) is 31.4 Å².